The van der Waals surface area contributed by atoms with Gasteiger partial charge < -0.3 is 9.73 Å². The Morgan fingerprint density at radius 3 is 2.75 bits per heavy atom. The summed E-state index contributed by atoms with van der Waals surface area (Å²) in [5.41, 5.74) is 2.94. The maximum atomic E-state index is 5.91. The van der Waals surface area contributed by atoms with Gasteiger partial charge in [0, 0.05) is 17.8 Å². The van der Waals surface area contributed by atoms with Crippen LogP contribution in [0.25, 0.3) is 10.9 Å². The number of aliphatic imine (C=N–C) groups is 1. The zero-order valence-electron chi connectivity index (χ0n) is 14.5. The number of hydrogen-bond donors (Lipinski definition) is 1. The van der Waals surface area contributed by atoms with E-state index in [2.05, 4.69) is 59.2 Å². The third kappa shape index (κ3) is 3.45. The highest BCUT2D eigenvalue weighted by molar-refractivity contribution is 5.87. The first kappa shape index (κ1) is 16.2. The summed E-state index contributed by atoms with van der Waals surface area (Å²) in [4.78, 5) is 12.9. The zero-order chi connectivity index (χ0) is 17.2. The minimum absolute atomic E-state index is 0.0380. The SMILES string of the molecule is CN=CNc1cnc2c(Cc3ncc(C(C)(C)C)o3)cccc2c1. The first-order valence-corrected chi connectivity index (χ1v) is 7.97. The minimum Gasteiger partial charge on any atom is -0.445 e. The van der Waals surface area contributed by atoms with Crippen LogP contribution >= 0.6 is 0 Å². The molecule has 2 aromatic heterocycles. The van der Waals surface area contributed by atoms with Gasteiger partial charge in [0.1, 0.15) is 5.76 Å². The van der Waals surface area contributed by atoms with Gasteiger partial charge in [0.2, 0.25) is 0 Å². The fourth-order valence-corrected chi connectivity index (χ4v) is 2.49. The van der Waals surface area contributed by atoms with Crippen LogP contribution in [0, 0.1) is 0 Å². The number of fused-ring (bicyclic) bond motifs is 1. The zero-order valence-corrected chi connectivity index (χ0v) is 14.5. The molecule has 0 aliphatic carbocycles. The van der Waals surface area contributed by atoms with Crippen molar-refractivity contribution in [2.45, 2.75) is 32.6 Å². The lowest BCUT2D eigenvalue weighted by atomic mass is 9.94. The van der Waals surface area contributed by atoms with Crippen LogP contribution in [0.3, 0.4) is 0 Å². The molecule has 0 spiro atoms. The van der Waals surface area contributed by atoms with E-state index in [1.807, 2.05) is 18.5 Å². The van der Waals surface area contributed by atoms with E-state index in [1.165, 1.54) is 0 Å². The summed E-state index contributed by atoms with van der Waals surface area (Å²) in [6.07, 6.45) is 5.90. The van der Waals surface area contributed by atoms with Crippen LogP contribution in [0.4, 0.5) is 5.69 Å². The molecule has 1 aromatic carbocycles. The summed E-state index contributed by atoms with van der Waals surface area (Å²) in [6.45, 7) is 6.35. The monoisotopic (exact) mass is 322 g/mol. The summed E-state index contributed by atoms with van der Waals surface area (Å²) in [5.74, 6) is 1.62. The summed E-state index contributed by atoms with van der Waals surface area (Å²) in [6, 6.07) is 8.21. The van der Waals surface area contributed by atoms with E-state index in [1.54, 1.807) is 13.4 Å². The Morgan fingerprint density at radius 1 is 1.21 bits per heavy atom. The van der Waals surface area contributed by atoms with E-state index in [-0.39, 0.29) is 5.41 Å². The van der Waals surface area contributed by atoms with Crippen molar-refractivity contribution in [3.63, 3.8) is 0 Å². The van der Waals surface area contributed by atoms with Crippen molar-refractivity contribution in [1.82, 2.24) is 9.97 Å². The van der Waals surface area contributed by atoms with Crippen LogP contribution in [0.1, 0.15) is 38.0 Å². The van der Waals surface area contributed by atoms with Gasteiger partial charge in [-0.05, 0) is 11.6 Å². The molecule has 3 rings (SSSR count). The Hall–Kier alpha value is -2.69. The quantitative estimate of drug-likeness (QED) is 0.578. The highest BCUT2D eigenvalue weighted by Crippen LogP contribution is 2.25. The van der Waals surface area contributed by atoms with Gasteiger partial charge in [0.25, 0.3) is 0 Å². The molecule has 0 unspecified atom stereocenters. The van der Waals surface area contributed by atoms with Crippen molar-refractivity contribution in [2.24, 2.45) is 4.99 Å². The van der Waals surface area contributed by atoms with E-state index >= 15 is 0 Å². The average molecular weight is 322 g/mol. The number of hydrogen-bond acceptors (Lipinski definition) is 4. The number of aromatic nitrogens is 2. The van der Waals surface area contributed by atoms with Gasteiger partial charge in [-0.1, -0.05) is 39.0 Å². The number of pyridine rings is 1. The van der Waals surface area contributed by atoms with Crippen molar-refractivity contribution in [1.29, 1.82) is 0 Å². The Morgan fingerprint density at radius 2 is 2.04 bits per heavy atom. The van der Waals surface area contributed by atoms with Crippen LogP contribution in [0.15, 0.2) is 46.1 Å². The molecule has 0 aliphatic heterocycles. The summed E-state index contributed by atoms with van der Waals surface area (Å²) >= 11 is 0. The van der Waals surface area contributed by atoms with Crippen molar-refractivity contribution in [3.05, 3.63) is 53.9 Å². The van der Waals surface area contributed by atoms with E-state index in [0.29, 0.717) is 6.42 Å². The molecule has 0 bridgehead atoms. The number of para-hydroxylation sites is 1. The van der Waals surface area contributed by atoms with Crippen molar-refractivity contribution >= 4 is 22.9 Å². The van der Waals surface area contributed by atoms with Gasteiger partial charge in [-0.2, -0.15) is 0 Å². The van der Waals surface area contributed by atoms with Gasteiger partial charge >= 0.3 is 0 Å². The largest absolute Gasteiger partial charge is 0.445 e. The maximum Gasteiger partial charge on any atom is 0.198 e. The molecule has 0 saturated carbocycles. The molecule has 0 radical (unpaired) electrons. The molecular weight excluding hydrogens is 300 g/mol. The second kappa shape index (κ2) is 6.43. The molecule has 124 valence electrons. The second-order valence-electron chi connectivity index (χ2n) is 6.79. The van der Waals surface area contributed by atoms with Crippen LogP contribution in [-0.2, 0) is 11.8 Å². The normalized spacial score (nSPS) is 12.2. The third-order valence-electron chi connectivity index (χ3n) is 3.79. The number of anilines is 1. The Labute approximate surface area is 141 Å². The van der Waals surface area contributed by atoms with Crippen molar-refractivity contribution in [2.75, 3.05) is 12.4 Å². The second-order valence-corrected chi connectivity index (χ2v) is 6.79. The van der Waals surface area contributed by atoms with Crippen molar-refractivity contribution < 1.29 is 4.42 Å². The number of nitrogens with one attached hydrogen (secondary N) is 1. The maximum absolute atomic E-state index is 5.91. The molecule has 5 nitrogen and oxygen atoms in total. The van der Waals surface area contributed by atoms with E-state index in [4.69, 9.17) is 4.42 Å². The number of rotatable bonds is 4. The first-order chi connectivity index (χ1) is 11.5. The van der Waals surface area contributed by atoms with Gasteiger partial charge in [-0.25, -0.2) is 4.98 Å². The summed E-state index contributed by atoms with van der Waals surface area (Å²) < 4.78 is 5.91. The van der Waals surface area contributed by atoms with Crippen LogP contribution < -0.4 is 5.32 Å². The van der Waals surface area contributed by atoms with E-state index in [9.17, 15) is 0 Å². The molecule has 24 heavy (non-hydrogen) atoms. The molecular formula is C19H22N4O. The fraction of sp³-hybridized carbons (Fsp3) is 0.316. The lowest BCUT2D eigenvalue weighted by Crippen LogP contribution is -2.09. The fourth-order valence-electron chi connectivity index (χ4n) is 2.49. The average Bonchev–Trinajstić information content (AvgIpc) is 3.02. The predicted octanol–water partition coefficient (Wildman–Crippen LogP) is 4.18. The molecule has 0 amide bonds. The lowest BCUT2D eigenvalue weighted by Gasteiger charge is -2.13. The molecule has 1 N–H and O–H groups in total. The molecule has 0 fully saturated rings. The Balaban J connectivity index is 1.91. The van der Waals surface area contributed by atoms with Gasteiger partial charge in [-0.15, -0.1) is 0 Å². The van der Waals surface area contributed by atoms with Crippen molar-refractivity contribution in [3.8, 4) is 0 Å². The van der Waals surface area contributed by atoms with E-state index < -0.39 is 0 Å². The smallest absolute Gasteiger partial charge is 0.198 e. The molecule has 0 atom stereocenters. The molecule has 0 aliphatic rings. The van der Waals surface area contributed by atoms with Gasteiger partial charge in [0.15, 0.2) is 5.89 Å². The standard InChI is InChI=1S/C19H22N4O/c1-19(2,3)16-11-21-17(24-16)9-14-7-5-6-13-8-15(23-12-20-4)10-22-18(13)14/h5-8,10-12H,9H2,1-4H3,(H,20,23). The topological polar surface area (TPSA) is 63.3 Å². The summed E-state index contributed by atoms with van der Waals surface area (Å²) in [5, 5.41) is 4.16. The number of nitrogens with zero attached hydrogens (tertiary/aromatic N) is 3. The molecule has 3 aromatic rings. The summed E-state index contributed by atoms with van der Waals surface area (Å²) in [7, 11) is 1.72. The number of benzene rings is 1. The van der Waals surface area contributed by atoms with Crippen LogP contribution in [0.5, 0.6) is 0 Å². The van der Waals surface area contributed by atoms with Crippen LogP contribution in [0.2, 0.25) is 0 Å². The highest BCUT2D eigenvalue weighted by atomic mass is 16.4. The lowest BCUT2D eigenvalue weighted by molar-refractivity contribution is 0.387. The molecule has 2 heterocycles. The highest BCUT2D eigenvalue weighted by Gasteiger charge is 2.19. The van der Waals surface area contributed by atoms with Crippen LogP contribution in [-0.4, -0.2) is 23.4 Å². The molecule has 5 heteroatoms. The minimum atomic E-state index is -0.0380. The van der Waals surface area contributed by atoms with Gasteiger partial charge in [0.05, 0.1) is 36.4 Å². The molecule has 0 saturated heterocycles. The van der Waals surface area contributed by atoms with Gasteiger partial charge in [-0.3, -0.25) is 9.98 Å². The first-order valence-electron chi connectivity index (χ1n) is 7.97. The Bertz CT molecular complexity index is 874. The third-order valence-corrected chi connectivity index (χ3v) is 3.79. The number of oxazole rings is 1. The Kier molecular flexibility index (Phi) is 4.34. The predicted molar refractivity (Wildman–Crippen MR) is 97.8 cm³/mol. The van der Waals surface area contributed by atoms with E-state index in [0.717, 1.165) is 33.8 Å².